The van der Waals surface area contributed by atoms with Crippen LogP contribution in [0.1, 0.15) is 33.1 Å². The van der Waals surface area contributed by atoms with Crippen LogP contribution in [-0.4, -0.2) is 50.2 Å². The van der Waals surface area contributed by atoms with E-state index in [1.54, 1.807) is 0 Å². The highest BCUT2D eigenvalue weighted by Crippen LogP contribution is 2.07. The van der Waals surface area contributed by atoms with Crippen LogP contribution in [-0.2, 0) is 9.53 Å². The summed E-state index contributed by atoms with van der Waals surface area (Å²) in [4.78, 5) is 13.7. The number of rotatable bonds is 7. The van der Waals surface area contributed by atoms with Crippen molar-refractivity contribution in [3.05, 3.63) is 0 Å². The Labute approximate surface area is 105 Å². The summed E-state index contributed by atoms with van der Waals surface area (Å²) in [6, 6.07) is 0. The van der Waals surface area contributed by atoms with Crippen LogP contribution in [0.5, 0.6) is 0 Å². The van der Waals surface area contributed by atoms with E-state index in [2.05, 4.69) is 19.2 Å². The number of carbonyl (C=O) groups excluding carboxylic acids is 1. The summed E-state index contributed by atoms with van der Waals surface area (Å²) in [7, 11) is 0. The lowest BCUT2D eigenvalue weighted by molar-refractivity contribution is -0.131. The quantitative estimate of drug-likeness (QED) is 0.683. The molecule has 0 radical (unpaired) electrons. The van der Waals surface area contributed by atoms with Crippen LogP contribution in [0.3, 0.4) is 0 Å². The van der Waals surface area contributed by atoms with Gasteiger partial charge in [-0.3, -0.25) is 4.79 Å². The zero-order chi connectivity index (χ0) is 12.5. The van der Waals surface area contributed by atoms with Crippen molar-refractivity contribution < 1.29 is 9.53 Å². The summed E-state index contributed by atoms with van der Waals surface area (Å²) in [5, 5.41) is 3.14. The molecule has 4 nitrogen and oxygen atoms in total. The largest absolute Gasteiger partial charge is 0.380 e. The number of carbonyl (C=O) groups is 1. The average Bonchev–Trinajstić information content (AvgIpc) is 2.34. The van der Waals surface area contributed by atoms with Gasteiger partial charge < -0.3 is 15.0 Å². The molecule has 1 heterocycles. The summed E-state index contributed by atoms with van der Waals surface area (Å²) in [6.45, 7) is 8.82. The molecule has 0 atom stereocenters. The first-order valence-electron chi connectivity index (χ1n) is 6.76. The van der Waals surface area contributed by atoms with Crippen molar-refractivity contribution in [1.29, 1.82) is 0 Å². The molecule has 0 bridgehead atoms. The molecule has 0 spiro atoms. The molecule has 1 saturated heterocycles. The molecule has 1 aliphatic rings. The van der Waals surface area contributed by atoms with Crippen LogP contribution in [0.15, 0.2) is 0 Å². The van der Waals surface area contributed by atoms with E-state index in [0.29, 0.717) is 19.1 Å². The second kappa shape index (κ2) is 8.48. The van der Waals surface area contributed by atoms with Gasteiger partial charge in [0.1, 0.15) is 0 Å². The van der Waals surface area contributed by atoms with Crippen molar-refractivity contribution in [3.8, 4) is 0 Å². The Kier molecular flexibility index (Phi) is 7.21. The van der Waals surface area contributed by atoms with Crippen LogP contribution in [0.25, 0.3) is 0 Å². The predicted molar refractivity (Wildman–Crippen MR) is 69.0 cm³/mol. The molecule has 0 aromatic heterocycles. The van der Waals surface area contributed by atoms with Crippen molar-refractivity contribution in [3.63, 3.8) is 0 Å². The third-order valence-electron chi connectivity index (χ3n) is 2.86. The Balaban J connectivity index is 1.96. The molecule has 0 aliphatic carbocycles. The van der Waals surface area contributed by atoms with Crippen molar-refractivity contribution in [2.24, 2.45) is 5.92 Å². The van der Waals surface area contributed by atoms with E-state index in [1.807, 2.05) is 4.90 Å². The number of nitrogens with zero attached hydrogens (tertiary/aromatic N) is 1. The van der Waals surface area contributed by atoms with E-state index in [9.17, 15) is 4.79 Å². The molecular weight excluding hydrogens is 216 g/mol. The maximum absolute atomic E-state index is 11.8. The Bertz CT molecular complexity index is 213. The molecule has 100 valence electrons. The average molecular weight is 242 g/mol. The highest BCUT2D eigenvalue weighted by atomic mass is 16.5. The van der Waals surface area contributed by atoms with Gasteiger partial charge in [-0.15, -0.1) is 0 Å². The molecule has 1 rings (SSSR count). The highest BCUT2D eigenvalue weighted by molar-refractivity contribution is 5.78. The Morgan fingerprint density at radius 3 is 2.65 bits per heavy atom. The highest BCUT2D eigenvalue weighted by Gasteiger charge is 2.15. The normalized spacial score (nSPS) is 16.5. The van der Waals surface area contributed by atoms with Gasteiger partial charge in [0.05, 0.1) is 13.2 Å². The van der Waals surface area contributed by atoms with E-state index < -0.39 is 0 Å². The minimum atomic E-state index is 0.230. The van der Waals surface area contributed by atoms with Crippen molar-refractivity contribution >= 4 is 5.91 Å². The molecule has 0 saturated carbocycles. The molecule has 0 unspecified atom stereocenters. The fourth-order valence-corrected chi connectivity index (χ4v) is 1.91. The second-order valence-corrected chi connectivity index (χ2v) is 5.09. The van der Waals surface area contributed by atoms with E-state index in [-0.39, 0.29) is 5.91 Å². The molecule has 0 aromatic carbocycles. The molecular formula is C13H26N2O2. The second-order valence-electron chi connectivity index (χ2n) is 5.09. The fourth-order valence-electron chi connectivity index (χ4n) is 1.91. The number of hydrogen-bond donors (Lipinski definition) is 1. The van der Waals surface area contributed by atoms with Crippen molar-refractivity contribution in [2.75, 3.05) is 39.4 Å². The number of ether oxygens (including phenoxy) is 1. The number of nitrogens with one attached hydrogen (secondary N) is 1. The zero-order valence-electron chi connectivity index (χ0n) is 11.2. The van der Waals surface area contributed by atoms with Gasteiger partial charge in [-0.25, -0.2) is 0 Å². The van der Waals surface area contributed by atoms with Gasteiger partial charge in [0, 0.05) is 26.2 Å². The lowest BCUT2D eigenvalue weighted by atomic mass is 10.1. The van der Waals surface area contributed by atoms with E-state index in [1.165, 1.54) is 6.42 Å². The SMILES string of the molecule is CC(C)COCCNCC(=O)N1CCCCC1. The lowest BCUT2D eigenvalue weighted by Gasteiger charge is -2.26. The van der Waals surface area contributed by atoms with E-state index in [0.717, 1.165) is 39.1 Å². The summed E-state index contributed by atoms with van der Waals surface area (Å²) in [5.74, 6) is 0.804. The van der Waals surface area contributed by atoms with Crippen LogP contribution in [0.2, 0.25) is 0 Å². The van der Waals surface area contributed by atoms with E-state index in [4.69, 9.17) is 4.74 Å². The smallest absolute Gasteiger partial charge is 0.236 e. The molecule has 0 aromatic rings. The third kappa shape index (κ3) is 6.64. The van der Waals surface area contributed by atoms with Crippen molar-refractivity contribution in [2.45, 2.75) is 33.1 Å². The van der Waals surface area contributed by atoms with Gasteiger partial charge >= 0.3 is 0 Å². The number of hydrogen-bond acceptors (Lipinski definition) is 3. The first-order chi connectivity index (χ1) is 8.20. The number of amides is 1. The molecule has 4 heteroatoms. The Hall–Kier alpha value is -0.610. The van der Waals surface area contributed by atoms with E-state index >= 15 is 0 Å². The van der Waals surface area contributed by atoms with Gasteiger partial charge in [-0.2, -0.15) is 0 Å². The summed E-state index contributed by atoms with van der Waals surface area (Å²) < 4.78 is 5.43. The summed E-state index contributed by atoms with van der Waals surface area (Å²) in [5.41, 5.74) is 0. The third-order valence-corrected chi connectivity index (χ3v) is 2.86. The van der Waals surface area contributed by atoms with Gasteiger partial charge in [0.25, 0.3) is 0 Å². The molecule has 1 fully saturated rings. The van der Waals surface area contributed by atoms with Gasteiger partial charge in [-0.05, 0) is 25.2 Å². The first kappa shape index (κ1) is 14.5. The molecule has 1 aliphatic heterocycles. The topological polar surface area (TPSA) is 41.6 Å². The lowest BCUT2D eigenvalue weighted by Crippen LogP contribution is -2.41. The van der Waals surface area contributed by atoms with Gasteiger partial charge in [0.15, 0.2) is 0 Å². The molecule has 17 heavy (non-hydrogen) atoms. The molecule has 1 amide bonds. The van der Waals surface area contributed by atoms with Crippen LogP contribution >= 0.6 is 0 Å². The standard InChI is InChI=1S/C13H26N2O2/c1-12(2)11-17-9-6-14-10-13(16)15-7-4-3-5-8-15/h12,14H,3-11H2,1-2H3. The monoisotopic (exact) mass is 242 g/mol. The summed E-state index contributed by atoms with van der Waals surface area (Å²) in [6.07, 6.45) is 3.58. The van der Waals surface area contributed by atoms with Crippen LogP contribution in [0, 0.1) is 5.92 Å². The predicted octanol–water partition coefficient (Wildman–Crippen LogP) is 1.26. The molecule has 1 N–H and O–H groups in total. The first-order valence-corrected chi connectivity index (χ1v) is 6.76. The van der Waals surface area contributed by atoms with Gasteiger partial charge in [-0.1, -0.05) is 13.8 Å². The zero-order valence-corrected chi connectivity index (χ0v) is 11.2. The van der Waals surface area contributed by atoms with Crippen molar-refractivity contribution in [1.82, 2.24) is 10.2 Å². The summed E-state index contributed by atoms with van der Waals surface area (Å²) >= 11 is 0. The number of piperidine rings is 1. The number of likely N-dealkylation sites (tertiary alicyclic amines) is 1. The van der Waals surface area contributed by atoms with Crippen LogP contribution < -0.4 is 5.32 Å². The maximum Gasteiger partial charge on any atom is 0.236 e. The minimum Gasteiger partial charge on any atom is -0.380 e. The van der Waals surface area contributed by atoms with Gasteiger partial charge in [0.2, 0.25) is 5.91 Å². The Morgan fingerprint density at radius 1 is 1.29 bits per heavy atom. The minimum absolute atomic E-state index is 0.230. The Morgan fingerprint density at radius 2 is 2.00 bits per heavy atom. The fraction of sp³-hybridized carbons (Fsp3) is 0.923. The van der Waals surface area contributed by atoms with Crippen LogP contribution in [0.4, 0.5) is 0 Å². The maximum atomic E-state index is 11.8.